The van der Waals surface area contributed by atoms with Crippen LogP contribution < -0.4 is 9.64 Å². The van der Waals surface area contributed by atoms with Gasteiger partial charge in [0.25, 0.3) is 0 Å². The van der Waals surface area contributed by atoms with Gasteiger partial charge in [0.2, 0.25) is 0 Å². The van der Waals surface area contributed by atoms with Gasteiger partial charge in [-0.3, -0.25) is 0 Å². The predicted octanol–water partition coefficient (Wildman–Crippen LogP) is 2.76. The number of pyridine rings is 1. The number of rotatable bonds is 3. The summed E-state index contributed by atoms with van der Waals surface area (Å²) in [6, 6.07) is 8.16. The number of benzene rings is 1. The number of hydrogen-bond acceptors (Lipinski definition) is 5. The minimum atomic E-state index is 0.471. The second-order valence-electron chi connectivity index (χ2n) is 6.25. The normalized spacial score (nSPS) is 15.8. The summed E-state index contributed by atoms with van der Waals surface area (Å²) in [4.78, 5) is 7.02. The van der Waals surface area contributed by atoms with Crippen LogP contribution in [0.1, 0.15) is 24.6 Å². The second kappa shape index (κ2) is 6.11. The highest BCUT2D eigenvalue weighted by atomic mass is 16.5. The van der Waals surface area contributed by atoms with Crippen molar-refractivity contribution >= 4 is 16.6 Å². The van der Waals surface area contributed by atoms with Crippen LogP contribution in [0.15, 0.2) is 36.8 Å². The predicted molar refractivity (Wildman–Crippen MR) is 93.5 cm³/mol. The number of ether oxygens (including phenoxy) is 1. The molecule has 1 fully saturated rings. The Kier molecular flexibility index (Phi) is 3.80. The zero-order valence-electron chi connectivity index (χ0n) is 14.0. The Hall–Kier alpha value is -2.63. The van der Waals surface area contributed by atoms with E-state index >= 15 is 0 Å². The Labute approximate surface area is 141 Å². The first kappa shape index (κ1) is 14.9. The molecule has 2 aromatic heterocycles. The van der Waals surface area contributed by atoms with Gasteiger partial charge < -0.3 is 14.2 Å². The molecule has 1 aliphatic heterocycles. The van der Waals surface area contributed by atoms with Gasteiger partial charge >= 0.3 is 0 Å². The quantitative estimate of drug-likeness (QED) is 0.742. The van der Waals surface area contributed by atoms with Gasteiger partial charge in [-0.15, -0.1) is 10.2 Å². The van der Waals surface area contributed by atoms with E-state index in [1.807, 2.05) is 36.0 Å². The number of aromatic nitrogens is 4. The van der Waals surface area contributed by atoms with E-state index in [-0.39, 0.29) is 0 Å². The summed E-state index contributed by atoms with van der Waals surface area (Å²) in [6.07, 6.45) is 5.78. The summed E-state index contributed by atoms with van der Waals surface area (Å²) in [5.74, 6) is 3.49. The monoisotopic (exact) mass is 323 g/mol. The van der Waals surface area contributed by atoms with Gasteiger partial charge in [0.15, 0.2) is 0 Å². The minimum Gasteiger partial charge on any atom is -0.496 e. The third kappa shape index (κ3) is 2.48. The molecule has 0 saturated carbocycles. The first-order valence-electron chi connectivity index (χ1n) is 8.28. The SMILES string of the molecule is COc1cccc2c(N3CCC(c4nncn4C)CC3)nccc12. The van der Waals surface area contributed by atoms with E-state index in [1.165, 1.54) is 0 Å². The molecule has 0 spiro atoms. The molecule has 0 amide bonds. The average molecular weight is 323 g/mol. The molecule has 1 saturated heterocycles. The summed E-state index contributed by atoms with van der Waals surface area (Å²) >= 11 is 0. The van der Waals surface area contributed by atoms with E-state index in [4.69, 9.17) is 4.74 Å². The molecular formula is C18H21N5O. The zero-order chi connectivity index (χ0) is 16.5. The van der Waals surface area contributed by atoms with Gasteiger partial charge in [0, 0.05) is 43.0 Å². The maximum atomic E-state index is 5.48. The smallest absolute Gasteiger partial charge is 0.136 e. The topological polar surface area (TPSA) is 56.1 Å². The molecule has 6 heteroatoms. The molecule has 3 aromatic rings. The zero-order valence-corrected chi connectivity index (χ0v) is 14.0. The van der Waals surface area contributed by atoms with Crippen LogP contribution >= 0.6 is 0 Å². The van der Waals surface area contributed by atoms with E-state index in [0.717, 1.165) is 54.1 Å². The van der Waals surface area contributed by atoms with Crippen molar-refractivity contribution in [3.05, 3.63) is 42.6 Å². The first-order valence-corrected chi connectivity index (χ1v) is 8.28. The van der Waals surface area contributed by atoms with Crippen LogP contribution in [0.3, 0.4) is 0 Å². The molecule has 0 N–H and O–H groups in total. The fourth-order valence-corrected chi connectivity index (χ4v) is 3.60. The van der Waals surface area contributed by atoms with E-state index < -0.39 is 0 Å². The van der Waals surface area contributed by atoms with Gasteiger partial charge in [0.05, 0.1) is 7.11 Å². The molecule has 1 aliphatic rings. The number of piperidine rings is 1. The molecule has 3 heterocycles. The lowest BCUT2D eigenvalue weighted by atomic mass is 9.95. The van der Waals surface area contributed by atoms with Crippen LogP contribution in [-0.2, 0) is 7.05 Å². The van der Waals surface area contributed by atoms with Crippen molar-refractivity contribution in [3.8, 4) is 5.75 Å². The molecule has 24 heavy (non-hydrogen) atoms. The Morgan fingerprint density at radius 1 is 1.12 bits per heavy atom. The van der Waals surface area contributed by atoms with Crippen molar-refractivity contribution in [3.63, 3.8) is 0 Å². The van der Waals surface area contributed by atoms with Crippen molar-refractivity contribution in [2.24, 2.45) is 7.05 Å². The molecule has 0 aliphatic carbocycles. The number of hydrogen-bond donors (Lipinski definition) is 0. The number of methoxy groups -OCH3 is 1. The maximum absolute atomic E-state index is 5.48. The van der Waals surface area contributed by atoms with Gasteiger partial charge in [-0.2, -0.15) is 0 Å². The molecular weight excluding hydrogens is 302 g/mol. The van der Waals surface area contributed by atoms with Crippen LogP contribution in [0.4, 0.5) is 5.82 Å². The number of aryl methyl sites for hydroxylation is 1. The summed E-state index contributed by atoms with van der Waals surface area (Å²) in [5, 5.41) is 10.5. The van der Waals surface area contributed by atoms with Gasteiger partial charge in [-0.1, -0.05) is 12.1 Å². The summed E-state index contributed by atoms with van der Waals surface area (Å²) < 4.78 is 7.51. The van der Waals surface area contributed by atoms with E-state index in [2.05, 4.69) is 26.1 Å². The lowest BCUT2D eigenvalue weighted by Crippen LogP contribution is -2.34. The average Bonchev–Trinajstić information content (AvgIpc) is 3.07. The van der Waals surface area contributed by atoms with E-state index in [1.54, 1.807) is 13.4 Å². The van der Waals surface area contributed by atoms with Gasteiger partial charge in [0.1, 0.15) is 23.7 Å². The third-order valence-corrected chi connectivity index (χ3v) is 4.87. The molecule has 4 rings (SSSR count). The number of fused-ring (bicyclic) bond motifs is 1. The van der Waals surface area contributed by atoms with Crippen molar-refractivity contribution in [1.29, 1.82) is 0 Å². The highest BCUT2D eigenvalue weighted by molar-refractivity contribution is 5.96. The molecule has 1 aromatic carbocycles. The Bertz CT molecular complexity index is 851. The molecule has 0 bridgehead atoms. The fraction of sp³-hybridized carbons (Fsp3) is 0.389. The van der Waals surface area contributed by atoms with Gasteiger partial charge in [-0.25, -0.2) is 4.98 Å². The summed E-state index contributed by atoms with van der Waals surface area (Å²) in [7, 11) is 3.72. The third-order valence-electron chi connectivity index (χ3n) is 4.87. The summed E-state index contributed by atoms with van der Waals surface area (Å²) in [6.45, 7) is 1.95. The van der Waals surface area contributed by atoms with Crippen molar-refractivity contribution < 1.29 is 4.74 Å². The standard InChI is InChI=1S/C18H21N5O/c1-22-12-20-21-17(22)13-7-10-23(11-8-13)18-15-4-3-5-16(24-2)14(15)6-9-19-18/h3-6,9,12-13H,7-8,10-11H2,1-2H3. The largest absolute Gasteiger partial charge is 0.496 e. The van der Waals surface area contributed by atoms with Gasteiger partial charge in [-0.05, 0) is 25.0 Å². The molecule has 0 radical (unpaired) electrons. The first-order chi connectivity index (χ1) is 11.8. The molecule has 0 unspecified atom stereocenters. The van der Waals surface area contributed by atoms with Crippen LogP contribution in [0.2, 0.25) is 0 Å². The van der Waals surface area contributed by atoms with E-state index in [9.17, 15) is 0 Å². The van der Waals surface area contributed by atoms with Crippen LogP contribution in [0, 0.1) is 0 Å². The minimum absolute atomic E-state index is 0.471. The highest BCUT2D eigenvalue weighted by Crippen LogP contribution is 2.34. The Morgan fingerprint density at radius 3 is 2.67 bits per heavy atom. The van der Waals surface area contributed by atoms with Crippen LogP contribution in [0.25, 0.3) is 10.8 Å². The number of nitrogens with zero attached hydrogens (tertiary/aromatic N) is 5. The fourth-order valence-electron chi connectivity index (χ4n) is 3.60. The van der Waals surface area contributed by atoms with Crippen LogP contribution in [-0.4, -0.2) is 39.9 Å². The van der Waals surface area contributed by atoms with E-state index in [0.29, 0.717) is 5.92 Å². The second-order valence-corrected chi connectivity index (χ2v) is 6.25. The maximum Gasteiger partial charge on any atom is 0.136 e. The Morgan fingerprint density at radius 2 is 1.96 bits per heavy atom. The molecule has 0 atom stereocenters. The summed E-state index contributed by atoms with van der Waals surface area (Å²) in [5.41, 5.74) is 0. The van der Waals surface area contributed by atoms with Crippen molar-refractivity contribution in [2.45, 2.75) is 18.8 Å². The highest BCUT2D eigenvalue weighted by Gasteiger charge is 2.25. The molecule has 6 nitrogen and oxygen atoms in total. The molecule has 124 valence electrons. The number of anilines is 1. The van der Waals surface area contributed by atoms with Crippen molar-refractivity contribution in [2.75, 3.05) is 25.1 Å². The lowest BCUT2D eigenvalue weighted by Gasteiger charge is -2.33. The van der Waals surface area contributed by atoms with Crippen molar-refractivity contribution in [1.82, 2.24) is 19.7 Å². The Balaban J connectivity index is 1.60. The lowest BCUT2D eigenvalue weighted by molar-refractivity contribution is 0.420. The van der Waals surface area contributed by atoms with Crippen LogP contribution in [0.5, 0.6) is 5.75 Å².